The van der Waals surface area contributed by atoms with E-state index in [1.807, 2.05) is 6.07 Å². The van der Waals surface area contributed by atoms with Crippen LogP contribution < -0.4 is 4.72 Å². The summed E-state index contributed by atoms with van der Waals surface area (Å²) >= 11 is 0. The van der Waals surface area contributed by atoms with Gasteiger partial charge in [0.25, 0.3) is 0 Å². The summed E-state index contributed by atoms with van der Waals surface area (Å²) in [5.74, 6) is 0. The first kappa shape index (κ1) is 15.7. The van der Waals surface area contributed by atoms with Gasteiger partial charge in [0.05, 0.1) is 4.90 Å². The topological polar surface area (TPSA) is 80.3 Å². The number of hydrogen-bond donors (Lipinski definition) is 1. The van der Waals surface area contributed by atoms with E-state index in [9.17, 15) is 16.8 Å². The fourth-order valence-electron chi connectivity index (χ4n) is 1.83. The van der Waals surface area contributed by atoms with Crippen molar-refractivity contribution in [3.63, 3.8) is 0 Å². The van der Waals surface area contributed by atoms with Crippen molar-refractivity contribution in [2.24, 2.45) is 0 Å². The highest BCUT2D eigenvalue weighted by Crippen LogP contribution is 2.20. The molecule has 7 heteroatoms. The Hall–Kier alpha value is -1.70. The van der Waals surface area contributed by atoms with Crippen LogP contribution in [0, 0.1) is 0 Å². The van der Waals surface area contributed by atoms with Crippen molar-refractivity contribution in [3.8, 4) is 0 Å². The molecule has 0 aliphatic heterocycles. The molecule has 0 amide bonds. The molecule has 0 saturated carbocycles. The van der Waals surface area contributed by atoms with Gasteiger partial charge in [-0.2, -0.15) is 0 Å². The summed E-state index contributed by atoms with van der Waals surface area (Å²) in [6.45, 7) is 0.0985. The molecule has 0 saturated heterocycles. The molecule has 0 fully saturated rings. The molecular weight excluding hydrogens is 310 g/mol. The fourth-order valence-corrected chi connectivity index (χ4v) is 4.48. The number of rotatable bonds is 5. The van der Waals surface area contributed by atoms with E-state index in [-0.39, 0.29) is 16.3 Å². The molecule has 0 atom stereocenters. The second-order valence-corrected chi connectivity index (χ2v) is 8.25. The number of nitrogens with one attached hydrogen (secondary N) is 1. The maximum atomic E-state index is 12.3. The number of sulfonamides is 1. The van der Waals surface area contributed by atoms with E-state index < -0.39 is 19.9 Å². The van der Waals surface area contributed by atoms with Gasteiger partial charge in [0, 0.05) is 12.8 Å². The quantitative estimate of drug-likeness (QED) is 0.905. The van der Waals surface area contributed by atoms with Crippen LogP contribution >= 0.6 is 0 Å². The van der Waals surface area contributed by atoms with Crippen LogP contribution in [-0.4, -0.2) is 23.1 Å². The van der Waals surface area contributed by atoms with E-state index in [2.05, 4.69) is 4.72 Å². The zero-order chi connectivity index (χ0) is 15.5. The van der Waals surface area contributed by atoms with E-state index in [0.717, 1.165) is 11.8 Å². The van der Waals surface area contributed by atoms with Crippen molar-refractivity contribution in [1.29, 1.82) is 0 Å². The zero-order valence-corrected chi connectivity index (χ0v) is 13.0. The molecule has 0 spiro atoms. The Bertz CT molecular complexity index is 828. The predicted molar refractivity (Wildman–Crippen MR) is 80.0 cm³/mol. The number of benzene rings is 2. The lowest BCUT2D eigenvalue weighted by molar-refractivity contribution is 0.574. The minimum Gasteiger partial charge on any atom is -0.224 e. The highest BCUT2D eigenvalue weighted by Gasteiger charge is 2.22. The SMILES string of the molecule is CS(=O)(=O)c1ccccc1S(=O)(=O)NCc1ccccc1. The highest BCUT2D eigenvalue weighted by atomic mass is 32.2. The summed E-state index contributed by atoms with van der Waals surface area (Å²) in [7, 11) is -7.52. The molecule has 0 aliphatic carbocycles. The number of hydrogen-bond acceptors (Lipinski definition) is 4. The van der Waals surface area contributed by atoms with Gasteiger partial charge < -0.3 is 0 Å². The Balaban J connectivity index is 2.33. The van der Waals surface area contributed by atoms with Gasteiger partial charge in [-0.1, -0.05) is 42.5 Å². The third-order valence-electron chi connectivity index (χ3n) is 2.85. The second kappa shape index (κ2) is 5.97. The predicted octanol–water partition coefficient (Wildman–Crippen LogP) is 1.57. The smallest absolute Gasteiger partial charge is 0.224 e. The van der Waals surface area contributed by atoms with Gasteiger partial charge in [0.15, 0.2) is 9.84 Å². The van der Waals surface area contributed by atoms with Crippen molar-refractivity contribution < 1.29 is 16.8 Å². The maximum Gasteiger partial charge on any atom is 0.242 e. The zero-order valence-electron chi connectivity index (χ0n) is 11.4. The fraction of sp³-hybridized carbons (Fsp3) is 0.143. The molecule has 0 heterocycles. The summed E-state index contributed by atoms with van der Waals surface area (Å²) < 4.78 is 50.4. The van der Waals surface area contributed by atoms with E-state index in [4.69, 9.17) is 0 Å². The van der Waals surface area contributed by atoms with E-state index in [1.165, 1.54) is 24.3 Å². The van der Waals surface area contributed by atoms with Crippen LogP contribution in [0.4, 0.5) is 0 Å². The maximum absolute atomic E-state index is 12.3. The van der Waals surface area contributed by atoms with Gasteiger partial charge >= 0.3 is 0 Å². The molecule has 5 nitrogen and oxygen atoms in total. The minimum atomic E-state index is -3.90. The summed E-state index contributed by atoms with van der Waals surface area (Å²) in [5, 5.41) is 0. The van der Waals surface area contributed by atoms with Crippen LogP contribution in [-0.2, 0) is 26.4 Å². The Morgan fingerprint density at radius 1 is 0.810 bits per heavy atom. The highest BCUT2D eigenvalue weighted by molar-refractivity contribution is 7.93. The van der Waals surface area contributed by atoms with Gasteiger partial charge in [-0.25, -0.2) is 21.6 Å². The standard InChI is InChI=1S/C14H15NO4S2/c1-20(16,17)13-9-5-6-10-14(13)21(18,19)15-11-12-7-3-2-4-8-12/h2-10,15H,11H2,1H3. The van der Waals surface area contributed by atoms with Gasteiger partial charge in [-0.15, -0.1) is 0 Å². The molecule has 2 rings (SSSR count). The van der Waals surface area contributed by atoms with Crippen molar-refractivity contribution in [2.75, 3.05) is 6.26 Å². The largest absolute Gasteiger partial charge is 0.242 e. The Kier molecular flexibility index (Phi) is 4.46. The van der Waals surface area contributed by atoms with Gasteiger partial charge in [-0.3, -0.25) is 0 Å². The van der Waals surface area contributed by atoms with Crippen LogP contribution in [0.2, 0.25) is 0 Å². The lowest BCUT2D eigenvalue weighted by atomic mass is 10.2. The molecule has 1 N–H and O–H groups in total. The molecule has 112 valence electrons. The van der Waals surface area contributed by atoms with Gasteiger partial charge in [0.2, 0.25) is 10.0 Å². The van der Waals surface area contributed by atoms with Crippen LogP contribution in [0.1, 0.15) is 5.56 Å². The summed E-state index contributed by atoms with van der Waals surface area (Å²) in [5.41, 5.74) is 0.790. The Labute approximate surface area is 124 Å². The minimum absolute atomic E-state index is 0.0985. The molecule has 0 aromatic heterocycles. The van der Waals surface area contributed by atoms with Crippen molar-refractivity contribution >= 4 is 19.9 Å². The first-order chi connectivity index (χ1) is 9.81. The Morgan fingerprint density at radius 3 is 1.90 bits per heavy atom. The third kappa shape index (κ3) is 3.90. The molecule has 2 aromatic carbocycles. The second-order valence-electron chi connectivity index (χ2n) is 4.53. The molecule has 0 radical (unpaired) electrons. The summed E-state index contributed by atoms with van der Waals surface area (Å²) in [6.07, 6.45) is 0.985. The third-order valence-corrected chi connectivity index (χ3v) is 5.59. The molecular formula is C14H15NO4S2. The molecule has 2 aromatic rings. The summed E-state index contributed by atoms with van der Waals surface area (Å²) in [6, 6.07) is 14.5. The van der Waals surface area contributed by atoms with Crippen molar-refractivity contribution in [1.82, 2.24) is 4.72 Å². The van der Waals surface area contributed by atoms with Crippen molar-refractivity contribution in [2.45, 2.75) is 16.3 Å². The lowest BCUT2D eigenvalue weighted by Gasteiger charge is -2.10. The average Bonchev–Trinajstić information content (AvgIpc) is 2.45. The monoisotopic (exact) mass is 325 g/mol. The Morgan fingerprint density at radius 2 is 1.33 bits per heavy atom. The first-order valence-electron chi connectivity index (χ1n) is 6.13. The molecule has 0 aliphatic rings. The van der Waals surface area contributed by atoms with Crippen LogP contribution in [0.15, 0.2) is 64.4 Å². The van der Waals surface area contributed by atoms with Gasteiger partial charge in [-0.05, 0) is 17.7 Å². The molecule has 0 bridgehead atoms. The van der Waals surface area contributed by atoms with Crippen LogP contribution in [0.3, 0.4) is 0 Å². The van der Waals surface area contributed by atoms with E-state index in [1.54, 1.807) is 24.3 Å². The van der Waals surface area contributed by atoms with Crippen LogP contribution in [0.25, 0.3) is 0 Å². The van der Waals surface area contributed by atoms with Crippen LogP contribution in [0.5, 0.6) is 0 Å². The van der Waals surface area contributed by atoms with E-state index >= 15 is 0 Å². The van der Waals surface area contributed by atoms with Gasteiger partial charge in [0.1, 0.15) is 4.90 Å². The molecule has 0 unspecified atom stereocenters. The molecule has 21 heavy (non-hydrogen) atoms. The average molecular weight is 325 g/mol. The van der Waals surface area contributed by atoms with Crippen molar-refractivity contribution in [3.05, 3.63) is 60.2 Å². The summed E-state index contributed by atoms with van der Waals surface area (Å²) in [4.78, 5) is -0.436. The normalized spacial score (nSPS) is 12.2. The lowest BCUT2D eigenvalue weighted by Crippen LogP contribution is -2.24. The van der Waals surface area contributed by atoms with E-state index in [0.29, 0.717) is 0 Å². The first-order valence-corrected chi connectivity index (χ1v) is 9.51. The number of sulfone groups is 1.